The SMILES string of the molecule is Cc1c(F)cccc1NC(=O)Nc1ccc(Cl)c(S(=O)(=O)N2CCC3(C)NCCC3C2)c1O. The molecule has 0 spiro atoms. The molecule has 4 rings (SSSR count). The van der Waals surface area contributed by atoms with Crippen molar-refractivity contribution in [2.24, 2.45) is 5.92 Å². The van der Waals surface area contributed by atoms with Crippen LogP contribution in [0, 0.1) is 18.7 Å². The van der Waals surface area contributed by atoms with Crippen molar-refractivity contribution in [1.29, 1.82) is 0 Å². The fourth-order valence-corrected chi connectivity index (χ4v) is 6.61. The zero-order valence-electron chi connectivity index (χ0n) is 18.3. The van der Waals surface area contributed by atoms with E-state index in [-0.39, 0.29) is 40.0 Å². The van der Waals surface area contributed by atoms with Crippen LogP contribution in [0.4, 0.5) is 20.6 Å². The van der Waals surface area contributed by atoms with Crippen LogP contribution in [0.15, 0.2) is 35.2 Å². The van der Waals surface area contributed by atoms with Gasteiger partial charge in [-0.15, -0.1) is 0 Å². The zero-order valence-corrected chi connectivity index (χ0v) is 19.9. The lowest BCUT2D eigenvalue weighted by Crippen LogP contribution is -2.54. The minimum absolute atomic E-state index is 0.103. The summed E-state index contributed by atoms with van der Waals surface area (Å²) in [6.45, 7) is 5.05. The highest BCUT2D eigenvalue weighted by atomic mass is 35.5. The number of carbonyl (C=O) groups is 1. The van der Waals surface area contributed by atoms with E-state index in [0.29, 0.717) is 13.0 Å². The van der Waals surface area contributed by atoms with E-state index in [2.05, 4.69) is 22.9 Å². The summed E-state index contributed by atoms with van der Waals surface area (Å²) in [5, 5.41) is 19.0. The average molecular weight is 497 g/mol. The van der Waals surface area contributed by atoms with Gasteiger partial charge < -0.3 is 21.1 Å². The molecule has 0 saturated carbocycles. The Balaban J connectivity index is 1.58. The first-order valence-electron chi connectivity index (χ1n) is 10.6. The second kappa shape index (κ2) is 8.75. The van der Waals surface area contributed by atoms with Crippen LogP contribution in [0.3, 0.4) is 0 Å². The minimum Gasteiger partial charge on any atom is -0.504 e. The summed E-state index contributed by atoms with van der Waals surface area (Å²) in [5.41, 5.74) is 0.257. The van der Waals surface area contributed by atoms with Crippen LogP contribution in [0.25, 0.3) is 0 Å². The molecule has 2 aromatic carbocycles. The Labute approximate surface area is 197 Å². The van der Waals surface area contributed by atoms with Gasteiger partial charge in [0.25, 0.3) is 0 Å². The van der Waals surface area contributed by atoms with Crippen molar-refractivity contribution < 1.29 is 22.7 Å². The van der Waals surface area contributed by atoms with Gasteiger partial charge in [-0.3, -0.25) is 0 Å². The maximum absolute atomic E-state index is 13.7. The van der Waals surface area contributed by atoms with E-state index < -0.39 is 32.5 Å². The Morgan fingerprint density at radius 3 is 2.76 bits per heavy atom. The highest BCUT2D eigenvalue weighted by Gasteiger charge is 2.46. The number of rotatable bonds is 4. The van der Waals surface area contributed by atoms with Crippen LogP contribution in [0.5, 0.6) is 5.75 Å². The third kappa shape index (κ3) is 4.40. The van der Waals surface area contributed by atoms with Gasteiger partial charge in [-0.2, -0.15) is 4.31 Å². The first-order valence-corrected chi connectivity index (χ1v) is 12.4. The van der Waals surface area contributed by atoms with Gasteiger partial charge in [-0.25, -0.2) is 17.6 Å². The molecule has 2 heterocycles. The summed E-state index contributed by atoms with van der Waals surface area (Å²) in [6, 6.07) is 6.09. The Morgan fingerprint density at radius 1 is 1.27 bits per heavy atom. The summed E-state index contributed by atoms with van der Waals surface area (Å²) < 4.78 is 41.9. The standard InChI is InChI=1S/C22H26ClFN4O4S/c1-13-16(24)4-3-5-17(13)26-21(30)27-18-7-6-15(23)20(19(18)29)33(31,32)28-11-9-22(2)14(12-28)8-10-25-22/h3-7,14,25,29H,8-12H2,1-2H3,(H2,26,27,30). The van der Waals surface area contributed by atoms with E-state index in [1.165, 1.54) is 41.6 Å². The van der Waals surface area contributed by atoms with Crippen molar-refractivity contribution in [3.63, 3.8) is 0 Å². The van der Waals surface area contributed by atoms with Gasteiger partial charge in [0.05, 0.1) is 10.7 Å². The highest BCUT2D eigenvalue weighted by Crippen LogP contribution is 2.42. The van der Waals surface area contributed by atoms with Crippen LogP contribution >= 0.6 is 11.6 Å². The molecule has 2 unspecified atom stereocenters. The van der Waals surface area contributed by atoms with E-state index in [1.807, 2.05) is 0 Å². The molecule has 2 amide bonds. The van der Waals surface area contributed by atoms with Crippen LogP contribution < -0.4 is 16.0 Å². The van der Waals surface area contributed by atoms with E-state index in [0.717, 1.165) is 13.0 Å². The number of nitrogens with one attached hydrogen (secondary N) is 3. The number of fused-ring (bicyclic) bond motifs is 1. The quantitative estimate of drug-likeness (QED) is 0.480. The first-order chi connectivity index (χ1) is 15.5. The van der Waals surface area contributed by atoms with Crippen molar-refractivity contribution >= 4 is 39.0 Å². The number of aromatic hydroxyl groups is 1. The molecule has 2 aliphatic heterocycles. The molecule has 2 saturated heterocycles. The molecule has 2 aliphatic rings. The second-order valence-electron chi connectivity index (χ2n) is 8.71. The third-order valence-corrected chi connectivity index (χ3v) is 9.04. The van der Waals surface area contributed by atoms with Gasteiger partial charge in [0.2, 0.25) is 10.0 Å². The Morgan fingerprint density at radius 2 is 2.00 bits per heavy atom. The normalized spacial score (nSPS) is 23.2. The third-order valence-electron chi connectivity index (χ3n) is 6.67. The number of amides is 2. The van der Waals surface area contributed by atoms with Crippen LogP contribution in [-0.2, 0) is 10.0 Å². The number of hydrogen-bond acceptors (Lipinski definition) is 5. The second-order valence-corrected chi connectivity index (χ2v) is 11.0. The lowest BCUT2D eigenvalue weighted by atomic mass is 9.82. The molecular weight excluding hydrogens is 471 g/mol. The molecular formula is C22H26ClFN4O4S. The fourth-order valence-electron chi connectivity index (χ4n) is 4.53. The summed E-state index contributed by atoms with van der Waals surface area (Å²) in [4.78, 5) is 12.0. The van der Waals surface area contributed by atoms with Gasteiger partial charge >= 0.3 is 6.03 Å². The predicted octanol–water partition coefficient (Wildman–Crippen LogP) is 3.90. The zero-order chi connectivity index (χ0) is 24.0. The van der Waals surface area contributed by atoms with Gasteiger partial charge in [0, 0.05) is 29.9 Å². The van der Waals surface area contributed by atoms with Gasteiger partial charge in [0.15, 0.2) is 5.75 Å². The number of halogens is 2. The number of piperidine rings is 1. The Bertz CT molecular complexity index is 1210. The van der Waals surface area contributed by atoms with Crippen molar-refractivity contribution in [3.05, 3.63) is 46.7 Å². The van der Waals surface area contributed by atoms with Gasteiger partial charge in [-0.05, 0) is 63.4 Å². The number of hydrogen-bond donors (Lipinski definition) is 4. The highest BCUT2D eigenvalue weighted by molar-refractivity contribution is 7.89. The van der Waals surface area contributed by atoms with E-state index in [9.17, 15) is 22.7 Å². The summed E-state index contributed by atoms with van der Waals surface area (Å²) in [5.74, 6) is -0.972. The topological polar surface area (TPSA) is 111 Å². The smallest absolute Gasteiger partial charge is 0.323 e. The Kier molecular flexibility index (Phi) is 6.30. The molecule has 2 atom stereocenters. The van der Waals surface area contributed by atoms with Gasteiger partial charge in [0.1, 0.15) is 10.7 Å². The summed E-state index contributed by atoms with van der Waals surface area (Å²) >= 11 is 6.20. The first kappa shape index (κ1) is 23.7. The van der Waals surface area contributed by atoms with Crippen molar-refractivity contribution in [2.75, 3.05) is 30.3 Å². The number of carbonyl (C=O) groups excluding carboxylic acids is 1. The lowest BCUT2D eigenvalue weighted by molar-refractivity contribution is 0.171. The Hall–Kier alpha value is -2.40. The van der Waals surface area contributed by atoms with Crippen molar-refractivity contribution in [1.82, 2.24) is 9.62 Å². The monoisotopic (exact) mass is 496 g/mol. The number of sulfonamides is 1. The molecule has 0 aliphatic carbocycles. The number of phenolic OH excluding ortho intramolecular Hbond substituents is 1. The maximum atomic E-state index is 13.7. The molecule has 33 heavy (non-hydrogen) atoms. The fraction of sp³-hybridized carbons (Fsp3) is 0.409. The van der Waals surface area contributed by atoms with Crippen molar-refractivity contribution in [3.8, 4) is 5.75 Å². The molecule has 0 bridgehead atoms. The number of nitrogens with zero attached hydrogens (tertiary/aromatic N) is 1. The van der Waals surface area contributed by atoms with Crippen LogP contribution in [0.1, 0.15) is 25.3 Å². The molecule has 178 valence electrons. The van der Waals surface area contributed by atoms with E-state index in [1.54, 1.807) is 0 Å². The number of urea groups is 1. The molecule has 2 fully saturated rings. The molecule has 4 N–H and O–H groups in total. The summed E-state index contributed by atoms with van der Waals surface area (Å²) in [7, 11) is -4.12. The molecule has 8 nitrogen and oxygen atoms in total. The molecule has 0 radical (unpaired) electrons. The lowest BCUT2D eigenvalue weighted by Gasteiger charge is -2.41. The minimum atomic E-state index is -4.12. The van der Waals surface area contributed by atoms with E-state index in [4.69, 9.17) is 11.6 Å². The van der Waals surface area contributed by atoms with Crippen LogP contribution in [-0.4, -0.2) is 49.0 Å². The number of phenols is 1. The largest absolute Gasteiger partial charge is 0.504 e. The molecule has 11 heteroatoms. The van der Waals surface area contributed by atoms with Gasteiger partial charge in [-0.1, -0.05) is 17.7 Å². The average Bonchev–Trinajstić information content (AvgIpc) is 3.14. The van der Waals surface area contributed by atoms with Crippen molar-refractivity contribution in [2.45, 2.75) is 37.1 Å². The molecule has 2 aromatic rings. The number of benzene rings is 2. The molecule has 0 aromatic heterocycles. The predicted molar refractivity (Wildman–Crippen MR) is 125 cm³/mol. The number of anilines is 2. The van der Waals surface area contributed by atoms with Crippen LogP contribution in [0.2, 0.25) is 5.02 Å². The maximum Gasteiger partial charge on any atom is 0.323 e. The van der Waals surface area contributed by atoms with E-state index >= 15 is 0 Å². The summed E-state index contributed by atoms with van der Waals surface area (Å²) in [6.07, 6.45) is 1.51.